The number of para-hydroxylation sites is 1. The summed E-state index contributed by atoms with van der Waals surface area (Å²) in [6.07, 6.45) is 2.64. The number of nitrogens with zero attached hydrogens (tertiary/aromatic N) is 1. The maximum atomic E-state index is 13.4. The van der Waals surface area contributed by atoms with E-state index in [0.29, 0.717) is 12.8 Å². The Labute approximate surface area is 164 Å². The molecule has 2 aliphatic rings. The van der Waals surface area contributed by atoms with Gasteiger partial charge in [-0.25, -0.2) is 14.0 Å². The van der Waals surface area contributed by atoms with Crippen LogP contribution in [-0.4, -0.2) is 53.4 Å². The average molecular weight is 406 g/mol. The molecule has 0 unspecified atom stereocenters. The van der Waals surface area contributed by atoms with Gasteiger partial charge < -0.3 is 15.4 Å². The minimum absolute atomic E-state index is 0.130. The van der Waals surface area contributed by atoms with Gasteiger partial charge in [0, 0.05) is 0 Å². The van der Waals surface area contributed by atoms with Crippen molar-refractivity contribution in [3.63, 3.8) is 0 Å². The van der Waals surface area contributed by atoms with Gasteiger partial charge in [-0.1, -0.05) is 25.0 Å². The summed E-state index contributed by atoms with van der Waals surface area (Å²) in [4.78, 5) is 60.4. The standard InChI is InChI=1S/C18H19FN4O6/c19-11-5-1-2-6-12(11)20-16(27)21-13(24)10-29-14(25)9-23-15(26)18(22-17(23)28)7-3-4-8-18/h1-2,5-6H,3-4,7-10H2,(H,22,28)(H2,20,21,24,27). The molecular weight excluding hydrogens is 387 g/mol. The number of carbonyl (C=O) groups is 5. The van der Waals surface area contributed by atoms with Crippen molar-refractivity contribution in [2.24, 2.45) is 0 Å². The van der Waals surface area contributed by atoms with Crippen LogP contribution in [0, 0.1) is 5.82 Å². The highest BCUT2D eigenvalue weighted by Crippen LogP contribution is 2.34. The number of anilines is 1. The summed E-state index contributed by atoms with van der Waals surface area (Å²) in [5, 5.41) is 6.62. The molecule has 6 amide bonds. The molecule has 3 rings (SSSR count). The van der Waals surface area contributed by atoms with Gasteiger partial charge in [-0.15, -0.1) is 0 Å². The number of carbonyl (C=O) groups excluding carboxylic acids is 5. The van der Waals surface area contributed by atoms with Gasteiger partial charge in [-0.2, -0.15) is 0 Å². The van der Waals surface area contributed by atoms with Crippen molar-refractivity contribution in [2.45, 2.75) is 31.2 Å². The first-order valence-electron chi connectivity index (χ1n) is 8.96. The highest BCUT2D eigenvalue weighted by Gasteiger charge is 2.52. The van der Waals surface area contributed by atoms with E-state index in [1.807, 2.05) is 5.32 Å². The quantitative estimate of drug-likeness (QED) is 0.491. The molecule has 11 heteroatoms. The third kappa shape index (κ3) is 4.50. The Morgan fingerprint density at radius 2 is 1.86 bits per heavy atom. The number of rotatable bonds is 5. The molecule has 0 radical (unpaired) electrons. The summed E-state index contributed by atoms with van der Waals surface area (Å²) >= 11 is 0. The van der Waals surface area contributed by atoms with E-state index in [2.05, 4.69) is 10.6 Å². The first-order chi connectivity index (χ1) is 13.8. The summed E-state index contributed by atoms with van der Waals surface area (Å²) in [6, 6.07) is 3.67. The lowest BCUT2D eigenvalue weighted by molar-refractivity contribution is -0.150. The predicted molar refractivity (Wildman–Crippen MR) is 96.0 cm³/mol. The zero-order chi connectivity index (χ0) is 21.0. The number of hydrogen-bond donors (Lipinski definition) is 3. The number of esters is 1. The van der Waals surface area contributed by atoms with Gasteiger partial charge in [0.1, 0.15) is 17.9 Å². The van der Waals surface area contributed by atoms with E-state index in [9.17, 15) is 28.4 Å². The maximum absolute atomic E-state index is 13.4. The van der Waals surface area contributed by atoms with Crippen LogP contribution in [0.3, 0.4) is 0 Å². The number of amides is 6. The summed E-state index contributed by atoms with van der Waals surface area (Å²) < 4.78 is 18.2. The number of benzene rings is 1. The second kappa shape index (κ2) is 8.25. The van der Waals surface area contributed by atoms with Crippen LogP contribution in [0.5, 0.6) is 0 Å². The predicted octanol–water partition coefficient (Wildman–Crippen LogP) is 0.882. The van der Waals surface area contributed by atoms with E-state index in [4.69, 9.17) is 4.74 Å². The summed E-state index contributed by atoms with van der Waals surface area (Å²) in [7, 11) is 0. The number of halogens is 1. The van der Waals surface area contributed by atoms with Gasteiger partial charge in [0.2, 0.25) is 0 Å². The third-order valence-electron chi connectivity index (χ3n) is 4.73. The lowest BCUT2D eigenvalue weighted by Crippen LogP contribution is -2.44. The molecule has 0 atom stereocenters. The van der Waals surface area contributed by atoms with E-state index < -0.39 is 54.4 Å². The fourth-order valence-electron chi connectivity index (χ4n) is 3.34. The molecule has 1 aliphatic heterocycles. The largest absolute Gasteiger partial charge is 0.454 e. The molecule has 3 N–H and O–H groups in total. The maximum Gasteiger partial charge on any atom is 0.326 e. The number of imide groups is 2. The molecule has 1 aromatic rings. The van der Waals surface area contributed by atoms with Crippen molar-refractivity contribution in [2.75, 3.05) is 18.5 Å². The highest BCUT2D eigenvalue weighted by atomic mass is 19.1. The van der Waals surface area contributed by atoms with Gasteiger partial charge in [-0.05, 0) is 25.0 Å². The zero-order valence-corrected chi connectivity index (χ0v) is 15.3. The second-order valence-electron chi connectivity index (χ2n) is 6.75. The monoisotopic (exact) mass is 406 g/mol. The van der Waals surface area contributed by atoms with Crippen molar-refractivity contribution < 1.29 is 33.1 Å². The Morgan fingerprint density at radius 1 is 1.17 bits per heavy atom. The van der Waals surface area contributed by atoms with Crippen molar-refractivity contribution in [3.8, 4) is 0 Å². The van der Waals surface area contributed by atoms with Crippen LogP contribution in [0.25, 0.3) is 0 Å². The van der Waals surface area contributed by atoms with Crippen LogP contribution in [0.15, 0.2) is 24.3 Å². The van der Waals surface area contributed by atoms with Crippen LogP contribution < -0.4 is 16.0 Å². The number of ether oxygens (including phenoxy) is 1. The fourth-order valence-corrected chi connectivity index (χ4v) is 3.34. The van der Waals surface area contributed by atoms with Crippen LogP contribution in [0.1, 0.15) is 25.7 Å². The SMILES string of the molecule is O=C(COC(=O)CN1C(=O)NC2(CCCC2)C1=O)NC(=O)Nc1ccccc1F. The molecule has 2 fully saturated rings. The Morgan fingerprint density at radius 3 is 2.55 bits per heavy atom. The lowest BCUT2D eigenvalue weighted by atomic mass is 9.98. The Kier molecular flexibility index (Phi) is 5.76. The summed E-state index contributed by atoms with van der Waals surface area (Å²) in [6.45, 7) is -1.45. The van der Waals surface area contributed by atoms with Crippen molar-refractivity contribution in [3.05, 3.63) is 30.1 Å². The highest BCUT2D eigenvalue weighted by molar-refractivity contribution is 6.09. The summed E-state index contributed by atoms with van der Waals surface area (Å²) in [5.41, 5.74) is -1.08. The molecule has 1 saturated heterocycles. The molecule has 1 saturated carbocycles. The Balaban J connectivity index is 1.44. The normalized spacial score (nSPS) is 17.2. The molecule has 1 heterocycles. The number of nitrogens with one attached hydrogen (secondary N) is 3. The van der Waals surface area contributed by atoms with Crippen LogP contribution >= 0.6 is 0 Å². The number of urea groups is 2. The second-order valence-corrected chi connectivity index (χ2v) is 6.75. The van der Waals surface area contributed by atoms with Gasteiger partial charge in [0.15, 0.2) is 6.61 Å². The molecule has 10 nitrogen and oxygen atoms in total. The smallest absolute Gasteiger partial charge is 0.326 e. The minimum Gasteiger partial charge on any atom is -0.454 e. The molecule has 0 bridgehead atoms. The first-order valence-corrected chi connectivity index (χ1v) is 8.96. The van der Waals surface area contributed by atoms with Crippen LogP contribution in [0.4, 0.5) is 19.7 Å². The number of hydrogen-bond acceptors (Lipinski definition) is 6. The molecule has 1 aliphatic carbocycles. The average Bonchev–Trinajstić information content (AvgIpc) is 3.23. The summed E-state index contributed by atoms with van der Waals surface area (Å²) in [5.74, 6) is -3.11. The topological polar surface area (TPSA) is 134 Å². The van der Waals surface area contributed by atoms with E-state index in [0.717, 1.165) is 23.8 Å². The molecule has 0 aromatic heterocycles. The molecule has 154 valence electrons. The minimum atomic E-state index is -1.01. The van der Waals surface area contributed by atoms with Crippen LogP contribution in [-0.2, 0) is 19.1 Å². The van der Waals surface area contributed by atoms with Gasteiger partial charge in [0.25, 0.3) is 11.8 Å². The molecular formula is C18H19FN4O6. The van der Waals surface area contributed by atoms with Gasteiger partial charge in [-0.3, -0.25) is 24.6 Å². The third-order valence-corrected chi connectivity index (χ3v) is 4.73. The molecule has 1 aromatic carbocycles. The van der Waals surface area contributed by atoms with E-state index >= 15 is 0 Å². The van der Waals surface area contributed by atoms with Crippen molar-refractivity contribution in [1.82, 2.24) is 15.5 Å². The first kappa shape index (κ1) is 20.2. The van der Waals surface area contributed by atoms with Gasteiger partial charge in [0.05, 0.1) is 5.69 Å². The van der Waals surface area contributed by atoms with E-state index in [1.54, 1.807) is 0 Å². The Hall–Kier alpha value is -3.50. The lowest BCUT2D eigenvalue weighted by Gasteiger charge is -2.19. The van der Waals surface area contributed by atoms with Crippen LogP contribution in [0.2, 0.25) is 0 Å². The van der Waals surface area contributed by atoms with Gasteiger partial charge >= 0.3 is 18.0 Å². The molecule has 29 heavy (non-hydrogen) atoms. The zero-order valence-electron chi connectivity index (χ0n) is 15.3. The fraction of sp³-hybridized carbons (Fsp3) is 0.389. The Bertz CT molecular complexity index is 868. The van der Waals surface area contributed by atoms with E-state index in [-0.39, 0.29) is 5.69 Å². The van der Waals surface area contributed by atoms with Crippen molar-refractivity contribution in [1.29, 1.82) is 0 Å². The van der Waals surface area contributed by atoms with Crippen molar-refractivity contribution >= 4 is 35.5 Å². The molecule has 1 spiro atoms. The van der Waals surface area contributed by atoms with E-state index in [1.165, 1.54) is 18.2 Å².